The summed E-state index contributed by atoms with van der Waals surface area (Å²) >= 11 is 0. The van der Waals surface area contributed by atoms with E-state index in [1.54, 1.807) is 0 Å². The van der Waals surface area contributed by atoms with Gasteiger partial charge in [0.15, 0.2) is 6.10 Å². The van der Waals surface area contributed by atoms with Crippen LogP contribution in [0, 0.1) is 0 Å². The number of rotatable bonds is 51. The number of allylic oxidation sites excluding steroid dienone is 26. The molecule has 0 aliphatic carbocycles. The van der Waals surface area contributed by atoms with Crippen LogP contribution in [0.25, 0.3) is 0 Å². The van der Waals surface area contributed by atoms with Crippen LogP contribution < -0.4 is 0 Å². The van der Waals surface area contributed by atoms with Crippen molar-refractivity contribution in [2.75, 3.05) is 47.5 Å². The molecule has 9 nitrogen and oxygen atoms in total. The van der Waals surface area contributed by atoms with Crippen LogP contribution in [-0.2, 0) is 32.7 Å². The third kappa shape index (κ3) is 58.9. The summed E-state index contributed by atoms with van der Waals surface area (Å²) in [5, 5.41) is 0. The fourth-order valence-corrected chi connectivity index (χ4v) is 7.87. The highest BCUT2D eigenvalue weighted by Crippen LogP contribution is 2.43. The second kappa shape index (κ2) is 55.4. The van der Waals surface area contributed by atoms with E-state index >= 15 is 0 Å². The van der Waals surface area contributed by atoms with Crippen molar-refractivity contribution in [2.24, 2.45) is 0 Å². The van der Waals surface area contributed by atoms with Crippen LogP contribution in [0.1, 0.15) is 194 Å². The molecule has 0 aromatic rings. The van der Waals surface area contributed by atoms with E-state index < -0.39 is 32.5 Å². The fraction of sp³-hybridized carbons (Fsp3) is 0.576. The minimum absolute atomic E-state index is 0.0105. The van der Waals surface area contributed by atoms with Crippen LogP contribution in [0.4, 0.5) is 0 Å². The van der Waals surface area contributed by atoms with Crippen LogP contribution in [-0.4, -0.2) is 74.9 Å². The molecule has 0 bridgehead atoms. The molecule has 428 valence electrons. The minimum Gasteiger partial charge on any atom is -0.462 e. The molecule has 0 spiro atoms. The molecule has 2 atom stereocenters. The first-order valence-corrected chi connectivity index (χ1v) is 30.7. The van der Waals surface area contributed by atoms with Gasteiger partial charge in [0.05, 0.1) is 27.7 Å². The Hall–Kier alpha value is -4.37. The number of carbonyl (C=O) groups is 2. The summed E-state index contributed by atoms with van der Waals surface area (Å²) in [5.74, 6) is -0.886. The molecule has 76 heavy (non-hydrogen) atoms. The average Bonchev–Trinajstić information content (AvgIpc) is 3.38. The summed E-state index contributed by atoms with van der Waals surface area (Å²) in [6.07, 6.45) is 83.2. The zero-order chi connectivity index (χ0) is 55.6. The van der Waals surface area contributed by atoms with Crippen molar-refractivity contribution < 1.29 is 42.1 Å². The first-order chi connectivity index (χ1) is 37.0. The van der Waals surface area contributed by atoms with Crippen LogP contribution in [0.2, 0.25) is 0 Å². The fourth-order valence-electron chi connectivity index (χ4n) is 7.12. The highest BCUT2D eigenvalue weighted by Gasteiger charge is 2.27. The van der Waals surface area contributed by atoms with Crippen molar-refractivity contribution in [3.05, 3.63) is 158 Å². The Bertz CT molecular complexity index is 1840. The van der Waals surface area contributed by atoms with Gasteiger partial charge in [-0.2, -0.15) is 0 Å². The molecule has 0 saturated heterocycles. The van der Waals surface area contributed by atoms with Crippen molar-refractivity contribution in [1.29, 1.82) is 0 Å². The maximum absolute atomic E-state index is 12.8. The van der Waals surface area contributed by atoms with E-state index in [0.29, 0.717) is 23.9 Å². The lowest BCUT2D eigenvalue weighted by Gasteiger charge is -2.24. The molecule has 1 N–H and O–H groups in total. The third-order valence-corrected chi connectivity index (χ3v) is 12.5. The van der Waals surface area contributed by atoms with Gasteiger partial charge in [-0.1, -0.05) is 223 Å². The Kier molecular flexibility index (Phi) is 52.2. The number of likely N-dealkylation sites (N-methyl/N-ethyl adjacent to an activating group) is 1. The van der Waals surface area contributed by atoms with Crippen molar-refractivity contribution in [1.82, 2.24) is 0 Å². The second-order valence-electron chi connectivity index (χ2n) is 19.9. The van der Waals surface area contributed by atoms with Crippen LogP contribution in [0.5, 0.6) is 0 Å². The van der Waals surface area contributed by atoms with Gasteiger partial charge in [0.25, 0.3) is 0 Å². The number of hydrogen-bond donors (Lipinski definition) is 1. The molecule has 0 aliphatic heterocycles. The molecule has 10 heteroatoms. The monoisotopic (exact) mass is 1070 g/mol. The Balaban J connectivity index is 4.34. The Morgan fingerprint density at radius 3 is 1.09 bits per heavy atom. The molecular weight excluding hydrogens is 966 g/mol. The van der Waals surface area contributed by atoms with E-state index in [4.69, 9.17) is 18.5 Å². The van der Waals surface area contributed by atoms with Gasteiger partial charge in [-0.05, 0) is 116 Å². The second-order valence-corrected chi connectivity index (χ2v) is 21.4. The lowest BCUT2D eigenvalue weighted by atomic mass is 10.1. The van der Waals surface area contributed by atoms with E-state index in [1.165, 1.54) is 38.5 Å². The molecule has 0 aromatic carbocycles. The van der Waals surface area contributed by atoms with E-state index in [0.717, 1.165) is 116 Å². The van der Waals surface area contributed by atoms with Crippen LogP contribution >= 0.6 is 7.82 Å². The summed E-state index contributed by atoms with van der Waals surface area (Å²) in [4.78, 5) is 35.7. The molecule has 0 saturated carbocycles. The predicted molar refractivity (Wildman–Crippen MR) is 325 cm³/mol. The molecule has 0 heterocycles. The maximum atomic E-state index is 12.8. The minimum atomic E-state index is -4.42. The molecule has 0 fully saturated rings. The zero-order valence-corrected chi connectivity index (χ0v) is 49.3. The van der Waals surface area contributed by atoms with Gasteiger partial charge < -0.3 is 18.9 Å². The smallest absolute Gasteiger partial charge is 0.462 e. The average molecular weight is 1070 g/mol. The molecule has 0 amide bonds. The molecule has 2 unspecified atom stereocenters. The molecule has 0 aromatic heterocycles. The summed E-state index contributed by atoms with van der Waals surface area (Å²) in [6.45, 7) is 4.11. The highest BCUT2D eigenvalue weighted by molar-refractivity contribution is 7.47. The van der Waals surface area contributed by atoms with E-state index in [-0.39, 0.29) is 26.1 Å². The number of unbranched alkanes of at least 4 members (excludes halogenated alkanes) is 11. The number of esters is 2. The van der Waals surface area contributed by atoms with E-state index in [1.807, 2.05) is 27.2 Å². The summed E-state index contributed by atoms with van der Waals surface area (Å²) in [5.41, 5.74) is 0. The quantitative estimate of drug-likeness (QED) is 0.0211. The number of ether oxygens (including phenoxy) is 2. The highest BCUT2D eigenvalue weighted by atomic mass is 31.2. The lowest BCUT2D eigenvalue weighted by molar-refractivity contribution is -0.870. The summed E-state index contributed by atoms with van der Waals surface area (Å²) < 4.78 is 34.5. The van der Waals surface area contributed by atoms with Gasteiger partial charge in [-0.25, -0.2) is 4.57 Å². The maximum Gasteiger partial charge on any atom is 0.472 e. The van der Waals surface area contributed by atoms with Crippen LogP contribution in [0.3, 0.4) is 0 Å². The molecule has 0 rings (SSSR count). The van der Waals surface area contributed by atoms with Gasteiger partial charge in [-0.15, -0.1) is 0 Å². The summed E-state index contributed by atoms with van der Waals surface area (Å²) in [6, 6.07) is 0. The largest absolute Gasteiger partial charge is 0.472 e. The van der Waals surface area contributed by atoms with Gasteiger partial charge in [0.2, 0.25) is 0 Å². The number of phosphoric acid groups is 1. The summed E-state index contributed by atoms with van der Waals surface area (Å²) in [7, 11) is 1.41. The SMILES string of the molecule is CC/C=C\C/C=C\C/C=C\C/C=C\C/C=C\C/C=C\C/C=C\C/C=C\C/C=C\CCCC(=O)OC(COC(=O)CCCCCCCCCCCC/C=C\C/C=C\C/C=C\C/C=C\CC)COP(=O)(O)OCC[N+](C)(C)C. The molecular formula is C66H107NO8P+. The number of phosphoric ester groups is 1. The predicted octanol–water partition coefficient (Wildman–Crippen LogP) is 18.5. The van der Waals surface area contributed by atoms with Gasteiger partial charge in [0, 0.05) is 12.8 Å². The lowest BCUT2D eigenvalue weighted by Crippen LogP contribution is -2.37. The molecule has 0 aliphatic rings. The number of nitrogens with zero attached hydrogens (tertiary/aromatic N) is 1. The standard InChI is InChI=1S/C66H106NO8P/c1-6-8-10-12-14-16-18-20-22-24-26-28-30-31-32-33-34-35-37-39-41-43-45-47-49-51-53-55-57-59-66(69)75-64(63-74-76(70,71)73-61-60-67(3,4)5)62-72-65(68)58-56-54-52-50-48-46-44-42-40-38-36-29-27-25-23-21-19-17-15-13-11-9-7-2/h8-11,14-17,20-23,26-29,31-32,34-35,39,41,45,47,51,53,64H,6-7,12-13,18-19,24-25,30,33,36-38,40,42-44,46,48-50,52,54-63H2,1-5H3/p+1/b10-8-,11-9-,16-14-,17-15-,22-20-,23-21-,28-26-,29-27-,32-31-,35-34-,41-39-,47-45-,53-51-. The first-order valence-electron chi connectivity index (χ1n) is 29.2. The van der Waals surface area contributed by atoms with Crippen molar-refractivity contribution in [3.8, 4) is 0 Å². The number of carbonyl (C=O) groups excluding carboxylic acids is 2. The van der Waals surface area contributed by atoms with E-state index in [2.05, 4.69) is 166 Å². The molecule has 0 radical (unpaired) electrons. The first kappa shape index (κ1) is 71.6. The van der Waals surface area contributed by atoms with Crippen molar-refractivity contribution in [3.63, 3.8) is 0 Å². The van der Waals surface area contributed by atoms with Crippen LogP contribution in [0.15, 0.2) is 158 Å². The van der Waals surface area contributed by atoms with Gasteiger partial charge in [-0.3, -0.25) is 18.6 Å². The topological polar surface area (TPSA) is 108 Å². The Morgan fingerprint density at radius 1 is 0.408 bits per heavy atom. The number of quaternary nitrogens is 1. The van der Waals surface area contributed by atoms with Crippen molar-refractivity contribution in [2.45, 2.75) is 200 Å². The Morgan fingerprint density at radius 2 is 0.724 bits per heavy atom. The Labute approximate surface area is 465 Å². The number of hydrogen-bond acceptors (Lipinski definition) is 7. The van der Waals surface area contributed by atoms with Crippen molar-refractivity contribution >= 4 is 19.8 Å². The van der Waals surface area contributed by atoms with Gasteiger partial charge in [0.1, 0.15) is 19.8 Å². The van der Waals surface area contributed by atoms with E-state index in [9.17, 15) is 19.0 Å². The normalized spacial score (nSPS) is 14.4. The zero-order valence-electron chi connectivity index (χ0n) is 48.4. The van der Waals surface area contributed by atoms with Gasteiger partial charge >= 0.3 is 19.8 Å². The third-order valence-electron chi connectivity index (χ3n) is 11.6.